The van der Waals surface area contributed by atoms with E-state index in [0.717, 1.165) is 0 Å². The van der Waals surface area contributed by atoms with Crippen LogP contribution in [0.3, 0.4) is 0 Å². The lowest BCUT2D eigenvalue weighted by atomic mass is 10.1. The van der Waals surface area contributed by atoms with Crippen molar-refractivity contribution in [1.29, 1.82) is 0 Å². The van der Waals surface area contributed by atoms with E-state index in [0.29, 0.717) is 6.07 Å². The van der Waals surface area contributed by atoms with E-state index in [1.807, 2.05) is 0 Å². The number of hydrogen-bond donors (Lipinski definition) is 1. The van der Waals surface area contributed by atoms with E-state index in [1.54, 1.807) is 0 Å². The maximum Gasteiger partial charge on any atom is 0.573 e. The molecule has 0 radical (unpaired) electrons. The average Bonchev–Trinajstić information content (AvgIpc) is 2.19. The number of aromatic nitrogens is 1. The number of pyridine rings is 1. The number of nitrogens with zero attached hydrogens (tertiary/aromatic N) is 1. The van der Waals surface area contributed by atoms with Crippen LogP contribution >= 0.6 is 0 Å². The van der Waals surface area contributed by atoms with Crippen molar-refractivity contribution < 1.29 is 36.6 Å². The van der Waals surface area contributed by atoms with Crippen molar-refractivity contribution in [2.75, 3.05) is 0 Å². The Morgan fingerprint density at radius 1 is 1.47 bits per heavy atom. The lowest BCUT2D eigenvalue weighted by molar-refractivity contribution is -0.275. The molecule has 1 aromatic rings. The number of carboxylic acid groups (broad SMARTS) is 1. The normalized spacial score (nSPS) is 11.7. The minimum absolute atomic E-state index is 0.0905. The number of aliphatic carboxylic acids is 1. The van der Waals surface area contributed by atoms with Crippen molar-refractivity contribution in [3.63, 3.8) is 0 Å². The minimum Gasteiger partial charge on any atom is -0.481 e. The summed E-state index contributed by atoms with van der Waals surface area (Å²) in [6.45, 7) is 1.22. The molecule has 1 aromatic heterocycles. The molecule has 1 heterocycles. The number of rotatable bonds is 4. The fourth-order valence-electron chi connectivity index (χ4n) is 1.35. The van der Waals surface area contributed by atoms with Gasteiger partial charge in [0.2, 0.25) is 0 Å². The van der Waals surface area contributed by atoms with Crippen LogP contribution in [0.4, 0.5) is 22.0 Å². The van der Waals surface area contributed by atoms with Gasteiger partial charge in [0.05, 0.1) is 6.42 Å². The molecular weight excluding hydrogens is 277 g/mol. The SMILES string of the molecule is Cc1nc(C(F)F)c(OC(F)(F)F)cc1CC(=O)O. The Morgan fingerprint density at radius 2 is 2.05 bits per heavy atom. The summed E-state index contributed by atoms with van der Waals surface area (Å²) in [5.74, 6) is -2.52. The second-order valence-electron chi connectivity index (χ2n) is 3.54. The van der Waals surface area contributed by atoms with Gasteiger partial charge < -0.3 is 9.84 Å². The Balaban J connectivity index is 3.27. The smallest absolute Gasteiger partial charge is 0.481 e. The van der Waals surface area contributed by atoms with Crippen LogP contribution in [-0.4, -0.2) is 22.4 Å². The third kappa shape index (κ3) is 4.34. The molecule has 1 N–H and O–H groups in total. The summed E-state index contributed by atoms with van der Waals surface area (Å²) in [6.07, 6.45) is -9.08. The van der Waals surface area contributed by atoms with Crippen LogP contribution in [0.1, 0.15) is 23.4 Å². The number of carboxylic acids is 1. The van der Waals surface area contributed by atoms with Crippen LogP contribution in [0.25, 0.3) is 0 Å². The summed E-state index contributed by atoms with van der Waals surface area (Å²) in [4.78, 5) is 13.8. The monoisotopic (exact) mass is 285 g/mol. The fraction of sp³-hybridized carbons (Fsp3) is 0.400. The summed E-state index contributed by atoms with van der Waals surface area (Å²) in [5.41, 5.74) is -1.40. The van der Waals surface area contributed by atoms with Crippen LogP contribution in [0.5, 0.6) is 5.75 Å². The van der Waals surface area contributed by atoms with E-state index < -0.39 is 36.6 Å². The molecule has 106 valence electrons. The van der Waals surface area contributed by atoms with Crippen LogP contribution < -0.4 is 4.74 Å². The molecule has 0 spiro atoms. The molecule has 0 amide bonds. The van der Waals surface area contributed by atoms with Crippen LogP contribution in [-0.2, 0) is 11.2 Å². The molecule has 0 saturated carbocycles. The van der Waals surface area contributed by atoms with Crippen molar-refractivity contribution in [1.82, 2.24) is 4.98 Å². The molecule has 1 rings (SSSR count). The molecule has 9 heteroatoms. The Bertz CT molecular complexity index is 487. The van der Waals surface area contributed by atoms with Crippen molar-refractivity contribution in [3.05, 3.63) is 23.0 Å². The zero-order valence-electron chi connectivity index (χ0n) is 9.46. The highest BCUT2D eigenvalue weighted by Gasteiger charge is 2.34. The van der Waals surface area contributed by atoms with Gasteiger partial charge in [0, 0.05) is 5.69 Å². The minimum atomic E-state index is -5.17. The number of hydrogen-bond acceptors (Lipinski definition) is 3. The third-order valence-electron chi connectivity index (χ3n) is 2.08. The molecule has 0 aromatic carbocycles. The maximum absolute atomic E-state index is 12.6. The molecule has 0 aliphatic heterocycles. The van der Waals surface area contributed by atoms with Crippen LogP contribution in [0.15, 0.2) is 6.07 Å². The summed E-state index contributed by atoms with van der Waals surface area (Å²) in [7, 11) is 0. The van der Waals surface area contributed by atoms with Gasteiger partial charge in [0.25, 0.3) is 6.43 Å². The second-order valence-corrected chi connectivity index (χ2v) is 3.54. The van der Waals surface area contributed by atoms with Gasteiger partial charge in [0.1, 0.15) is 5.69 Å². The van der Waals surface area contributed by atoms with E-state index in [1.165, 1.54) is 6.92 Å². The predicted molar refractivity (Wildman–Crippen MR) is 52.0 cm³/mol. The lowest BCUT2D eigenvalue weighted by Crippen LogP contribution is -2.19. The van der Waals surface area contributed by atoms with E-state index >= 15 is 0 Å². The zero-order chi connectivity index (χ0) is 14.8. The largest absolute Gasteiger partial charge is 0.573 e. The van der Waals surface area contributed by atoms with Crippen LogP contribution in [0.2, 0.25) is 0 Å². The van der Waals surface area contributed by atoms with Crippen molar-refractivity contribution in [3.8, 4) is 5.75 Å². The van der Waals surface area contributed by atoms with Gasteiger partial charge in [-0.15, -0.1) is 13.2 Å². The van der Waals surface area contributed by atoms with Gasteiger partial charge in [-0.05, 0) is 18.6 Å². The number of carbonyl (C=O) groups is 1. The maximum atomic E-state index is 12.6. The van der Waals surface area contributed by atoms with E-state index in [4.69, 9.17) is 5.11 Å². The quantitative estimate of drug-likeness (QED) is 0.864. The van der Waals surface area contributed by atoms with Gasteiger partial charge in [-0.1, -0.05) is 0 Å². The highest BCUT2D eigenvalue weighted by molar-refractivity contribution is 5.70. The standard InChI is InChI=1S/C10H8F5NO3/c1-4-5(3-7(17)18)2-6(19-10(13,14)15)8(16-4)9(11)12/h2,9H,3H2,1H3,(H,17,18). The summed E-state index contributed by atoms with van der Waals surface area (Å²) >= 11 is 0. The summed E-state index contributed by atoms with van der Waals surface area (Å²) in [5, 5.41) is 8.55. The lowest BCUT2D eigenvalue weighted by Gasteiger charge is -2.14. The summed E-state index contributed by atoms with van der Waals surface area (Å²) < 4.78 is 64.7. The number of halogens is 5. The molecule has 4 nitrogen and oxygen atoms in total. The molecular formula is C10H8F5NO3. The first-order valence-corrected chi connectivity index (χ1v) is 4.86. The first-order valence-electron chi connectivity index (χ1n) is 4.86. The predicted octanol–water partition coefficient (Wildman–Crippen LogP) is 2.85. The van der Waals surface area contributed by atoms with E-state index in [2.05, 4.69) is 9.72 Å². The molecule has 0 aliphatic carbocycles. The van der Waals surface area contributed by atoms with Crippen molar-refractivity contribution >= 4 is 5.97 Å². The fourth-order valence-corrected chi connectivity index (χ4v) is 1.35. The van der Waals surface area contributed by atoms with Gasteiger partial charge >= 0.3 is 12.3 Å². The van der Waals surface area contributed by atoms with Gasteiger partial charge in [0.15, 0.2) is 5.75 Å². The first-order chi connectivity index (χ1) is 8.60. The summed E-state index contributed by atoms with van der Waals surface area (Å²) in [6, 6.07) is 0.617. The highest BCUT2D eigenvalue weighted by Crippen LogP contribution is 2.33. The van der Waals surface area contributed by atoms with Crippen molar-refractivity contribution in [2.24, 2.45) is 0 Å². The van der Waals surface area contributed by atoms with Gasteiger partial charge in [-0.3, -0.25) is 4.79 Å². The Morgan fingerprint density at radius 3 is 2.47 bits per heavy atom. The Labute approximate surface area is 103 Å². The molecule has 0 aliphatic rings. The average molecular weight is 285 g/mol. The van der Waals surface area contributed by atoms with Gasteiger partial charge in [-0.25, -0.2) is 13.8 Å². The Kier molecular flexibility index (Phi) is 4.28. The number of aryl methyl sites for hydroxylation is 1. The molecule has 0 fully saturated rings. The first kappa shape index (κ1) is 15.1. The van der Waals surface area contributed by atoms with Crippen LogP contribution in [0, 0.1) is 6.92 Å². The number of alkyl halides is 5. The second kappa shape index (κ2) is 5.37. The molecule has 0 bridgehead atoms. The topological polar surface area (TPSA) is 59.4 Å². The number of ether oxygens (including phenoxy) is 1. The molecule has 19 heavy (non-hydrogen) atoms. The highest BCUT2D eigenvalue weighted by atomic mass is 19.4. The van der Waals surface area contributed by atoms with Gasteiger partial charge in [-0.2, -0.15) is 0 Å². The third-order valence-corrected chi connectivity index (χ3v) is 2.08. The molecule has 0 unspecified atom stereocenters. The Hall–Kier alpha value is -1.93. The molecule has 0 saturated heterocycles. The van der Waals surface area contributed by atoms with E-state index in [9.17, 15) is 26.7 Å². The van der Waals surface area contributed by atoms with E-state index in [-0.39, 0.29) is 11.3 Å². The zero-order valence-corrected chi connectivity index (χ0v) is 9.46. The van der Waals surface area contributed by atoms with Crippen molar-refractivity contribution in [2.45, 2.75) is 26.1 Å². The molecule has 0 atom stereocenters.